The normalized spacial score (nSPS) is 14.8. The number of carboxylic acid groups (broad SMARTS) is 1. The minimum Gasteiger partial charge on any atom is -0.480 e. The number of fused-ring (bicyclic) bond motifs is 1. The van der Waals surface area contributed by atoms with Crippen molar-refractivity contribution < 1.29 is 24.3 Å². The van der Waals surface area contributed by atoms with Gasteiger partial charge in [0.15, 0.2) is 0 Å². The van der Waals surface area contributed by atoms with Gasteiger partial charge in [0.2, 0.25) is 17.7 Å². The molecule has 0 aliphatic carbocycles. The van der Waals surface area contributed by atoms with Gasteiger partial charge in [-0.25, -0.2) is 4.79 Å². The van der Waals surface area contributed by atoms with Crippen LogP contribution in [-0.4, -0.2) is 70.0 Å². The van der Waals surface area contributed by atoms with Crippen molar-refractivity contribution in [2.45, 2.75) is 63.7 Å². The topological polar surface area (TPSA) is 166 Å². The predicted octanol–water partition coefficient (Wildman–Crippen LogP) is 2.62. The first kappa shape index (κ1) is 32.7. The van der Waals surface area contributed by atoms with Crippen LogP contribution in [0.3, 0.4) is 0 Å². The summed E-state index contributed by atoms with van der Waals surface area (Å²) in [6, 6.07) is 12.6. The van der Waals surface area contributed by atoms with Crippen LogP contribution in [-0.2, 0) is 32.0 Å². The Morgan fingerprint density at radius 3 is 2.24 bits per heavy atom. The molecule has 0 bridgehead atoms. The molecule has 0 radical (unpaired) electrons. The Morgan fingerprint density at radius 1 is 0.905 bits per heavy atom. The summed E-state index contributed by atoms with van der Waals surface area (Å²) in [5.74, 6) is -2.34. The molecule has 1 aromatic heterocycles. The highest BCUT2D eigenvalue weighted by Gasteiger charge is 2.33. The first-order valence-electron chi connectivity index (χ1n) is 14.1. The summed E-state index contributed by atoms with van der Waals surface area (Å²) in [6.45, 7) is 3.74. The number of thioether (sulfide) groups is 1. The first-order valence-corrected chi connectivity index (χ1v) is 15.5. The number of aromatic nitrogens is 1. The molecule has 3 rings (SSSR count). The number of carbonyl (C=O) groups is 4. The molecule has 42 heavy (non-hydrogen) atoms. The Hall–Kier alpha value is -3.83. The summed E-state index contributed by atoms with van der Waals surface area (Å²) < 4.78 is 0. The van der Waals surface area contributed by atoms with Gasteiger partial charge >= 0.3 is 5.97 Å². The second-order valence-corrected chi connectivity index (χ2v) is 11.5. The fraction of sp³-hybridized carbons (Fsp3) is 0.419. The summed E-state index contributed by atoms with van der Waals surface area (Å²) in [5, 5.41) is 19.0. The number of amides is 3. The Balaban J connectivity index is 1.86. The number of hydrogen-bond donors (Lipinski definition) is 6. The van der Waals surface area contributed by atoms with Crippen LogP contribution in [0.4, 0.5) is 0 Å². The summed E-state index contributed by atoms with van der Waals surface area (Å²) in [6.07, 6.45) is 4.94. The van der Waals surface area contributed by atoms with Crippen molar-refractivity contribution in [3.05, 3.63) is 71.9 Å². The van der Waals surface area contributed by atoms with Crippen LogP contribution in [0.25, 0.3) is 10.9 Å². The number of aliphatic carboxylic acids is 1. The summed E-state index contributed by atoms with van der Waals surface area (Å²) >= 11 is 1.58. The number of nitrogens with two attached hydrogens (primary N) is 1. The quantitative estimate of drug-likeness (QED) is 0.148. The van der Waals surface area contributed by atoms with Gasteiger partial charge < -0.3 is 31.8 Å². The van der Waals surface area contributed by atoms with E-state index in [4.69, 9.17) is 5.73 Å². The van der Waals surface area contributed by atoms with Gasteiger partial charge in [-0.3, -0.25) is 14.4 Å². The van der Waals surface area contributed by atoms with Crippen molar-refractivity contribution >= 4 is 46.4 Å². The van der Waals surface area contributed by atoms with Gasteiger partial charge in [0.05, 0.1) is 6.04 Å². The van der Waals surface area contributed by atoms with Gasteiger partial charge in [-0.05, 0) is 41.5 Å². The molecule has 2 aromatic carbocycles. The number of aromatic amines is 1. The second kappa shape index (κ2) is 16.0. The Labute approximate surface area is 250 Å². The minimum atomic E-state index is -1.21. The number of rotatable bonds is 16. The van der Waals surface area contributed by atoms with E-state index in [1.165, 1.54) is 0 Å². The Bertz CT molecular complexity index is 1350. The Morgan fingerprint density at radius 2 is 1.57 bits per heavy atom. The maximum Gasteiger partial charge on any atom is 0.326 e. The predicted molar refractivity (Wildman–Crippen MR) is 166 cm³/mol. The molecule has 5 unspecified atom stereocenters. The highest BCUT2D eigenvalue weighted by atomic mass is 32.2. The number of nitrogens with one attached hydrogen (secondary N) is 4. The van der Waals surface area contributed by atoms with Gasteiger partial charge in [-0.1, -0.05) is 68.8 Å². The van der Waals surface area contributed by atoms with Gasteiger partial charge in [0.25, 0.3) is 0 Å². The molecule has 0 aliphatic heterocycles. The largest absolute Gasteiger partial charge is 0.480 e. The van der Waals surface area contributed by atoms with E-state index in [0.29, 0.717) is 18.6 Å². The van der Waals surface area contributed by atoms with Crippen molar-refractivity contribution in [1.29, 1.82) is 0 Å². The van der Waals surface area contributed by atoms with Crippen molar-refractivity contribution in [2.24, 2.45) is 11.7 Å². The molecule has 0 saturated heterocycles. The summed E-state index contributed by atoms with van der Waals surface area (Å²) in [7, 11) is 0. The van der Waals surface area contributed by atoms with E-state index in [1.54, 1.807) is 42.2 Å². The van der Waals surface area contributed by atoms with E-state index in [1.807, 2.05) is 50.4 Å². The molecular formula is C31H41N5O5S. The third kappa shape index (κ3) is 9.09. The van der Waals surface area contributed by atoms with Crippen LogP contribution in [0.5, 0.6) is 0 Å². The first-order chi connectivity index (χ1) is 20.1. The van der Waals surface area contributed by atoms with Crippen LogP contribution in [0.2, 0.25) is 0 Å². The van der Waals surface area contributed by atoms with Gasteiger partial charge in [0.1, 0.15) is 18.1 Å². The van der Waals surface area contributed by atoms with Crippen LogP contribution in [0, 0.1) is 5.92 Å². The fourth-order valence-electron chi connectivity index (χ4n) is 4.65. The van der Waals surface area contributed by atoms with Crippen molar-refractivity contribution in [2.75, 3.05) is 12.0 Å². The molecule has 5 atom stereocenters. The molecule has 1 heterocycles. The van der Waals surface area contributed by atoms with Gasteiger partial charge in [0, 0.05) is 29.9 Å². The van der Waals surface area contributed by atoms with Crippen molar-refractivity contribution in [3.63, 3.8) is 0 Å². The number of hydrogen-bond acceptors (Lipinski definition) is 6. The maximum absolute atomic E-state index is 13.7. The molecule has 3 aromatic rings. The monoisotopic (exact) mass is 595 g/mol. The molecule has 0 fully saturated rings. The van der Waals surface area contributed by atoms with Crippen LogP contribution < -0.4 is 21.7 Å². The Kier molecular flexibility index (Phi) is 12.4. The number of carboxylic acids is 1. The van der Waals surface area contributed by atoms with Crippen LogP contribution in [0.1, 0.15) is 37.8 Å². The van der Waals surface area contributed by atoms with Crippen molar-refractivity contribution in [3.8, 4) is 0 Å². The number of benzene rings is 2. The van der Waals surface area contributed by atoms with E-state index in [0.717, 1.165) is 22.0 Å². The van der Waals surface area contributed by atoms with E-state index in [-0.39, 0.29) is 18.8 Å². The lowest BCUT2D eigenvalue weighted by Crippen LogP contribution is -2.59. The molecule has 0 aliphatic rings. The molecule has 226 valence electrons. The molecule has 0 spiro atoms. The van der Waals surface area contributed by atoms with E-state index < -0.39 is 47.9 Å². The molecule has 0 saturated carbocycles. The summed E-state index contributed by atoms with van der Waals surface area (Å²) in [4.78, 5) is 55.4. The summed E-state index contributed by atoms with van der Waals surface area (Å²) in [5.41, 5.74) is 8.45. The fourth-order valence-corrected chi connectivity index (χ4v) is 5.14. The van der Waals surface area contributed by atoms with Gasteiger partial charge in [-0.15, -0.1) is 0 Å². The number of carbonyl (C=O) groups excluding carboxylic acids is 3. The smallest absolute Gasteiger partial charge is 0.326 e. The molecule has 7 N–H and O–H groups in total. The highest BCUT2D eigenvalue weighted by molar-refractivity contribution is 7.98. The standard InChI is InChI=1S/C31H41N5O5S/c1-4-19(2)27(36-28(37)23(32)14-15-42-3)30(39)34-25(17-21-18-33-24-13-9-8-12-22(21)24)29(38)35-26(31(40)41)16-20-10-6-5-7-11-20/h5-13,18-19,23,25-27,33H,4,14-17,32H2,1-3H3,(H,34,39)(H,35,38)(H,36,37)(H,40,41). The molecule has 3 amide bonds. The highest BCUT2D eigenvalue weighted by Crippen LogP contribution is 2.20. The zero-order chi connectivity index (χ0) is 30.6. The molecule has 11 heteroatoms. The lowest BCUT2D eigenvalue weighted by Gasteiger charge is -2.28. The van der Waals surface area contributed by atoms with Crippen LogP contribution >= 0.6 is 11.8 Å². The van der Waals surface area contributed by atoms with Crippen molar-refractivity contribution in [1.82, 2.24) is 20.9 Å². The second-order valence-electron chi connectivity index (χ2n) is 10.5. The SMILES string of the molecule is CCC(C)C(NC(=O)C(N)CCSC)C(=O)NC(Cc1c[nH]c2ccccc12)C(=O)NC(Cc1ccccc1)C(=O)O. The molecule has 10 nitrogen and oxygen atoms in total. The third-order valence-corrected chi connectivity index (χ3v) is 8.04. The lowest BCUT2D eigenvalue weighted by atomic mass is 9.96. The zero-order valence-electron chi connectivity index (χ0n) is 24.3. The third-order valence-electron chi connectivity index (χ3n) is 7.39. The van der Waals surface area contributed by atoms with E-state index >= 15 is 0 Å². The van der Waals surface area contributed by atoms with E-state index in [2.05, 4.69) is 20.9 Å². The number of H-pyrrole nitrogens is 1. The van der Waals surface area contributed by atoms with E-state index in [9.17, 15) is 24.3 Å². The lowest BCUT2D eigenvalue weighted by molar-refractivity contribution is -0.142. The minimum absolute atomic E-state index is 0.0785. The zero-order valence-corrected chi connectivity index (χ0v) is 25.1. The number of para-hydroxylation sites is 1. The average molecular weight is 596 g/mol. The molecular weight excluding hydrogens is 554 g/mol. The average Bonchev–Trinajstić information content (AvgIpc) is 3.40. The maximum atomic E-state index is 13.7. The van der Waals surface area contributed by atoms with Gasteiger partial charge in [-0.2, -0.15) is 11.8 Å². The van der Waals surface area contributed by atoms with Crippen LogP contribution in [0.15, 0.2) is 60.8 Å².